The van der Waals surface area contributed by atoms with Gasteiger partial charge in [0.2, 0.25) is 13.2 Å². The Hall–Kier alpha value is -1.34. The van der Waals surface area contributed by atoms with E-state index in [2.05, 4.69) is 6.58 Å². The van der Waals surface area contributed by atoms with Gasteiger partial charge >= 0.3 is 0 Å². The van der Waals surface area contributed by atoms with Crippen LogP contribution in [0.2, 0.25) is 0 Å². The first-order valence-corrected chi connectivity index (χ1v) is 7.51. The summed E-state index contributed by atoms with van der Waals surface area (Å²) in [4.78, 5) is 12.0. The van der Waals surface area contributed by atoms with Crippen molar-refractivity contribution < 1.29 is 9.36 Å². The summed E-state index contributed by atoms with van der Waals surface area (Å²) in [5.74, 6) is -0.196. The van der Waals surface area contributed by atoms with Gasteiger partial charge in [0.15, 0.2) is 0 Å². The molecular weight excluding hydrogens is 233 g/mol. The lowest BCUT2D eigenvalue weighted by atomic mass is 10.2. The van der Waals surface area contributed by atoms with E-state index < -0.39 is 7.29 Å². The number of rotatable bonds is 3. The van der Waals surface area contributed by atoms with Gasteiger partial charge in [-0.3, -0.25) is 14.0 Å². The fraction of sp³-hybridized carbons (Fsp3) is 0.308. The van der Waals surface area contributed by atoms with E-state index in [0.717, 1.165) is 5.30 Å². The van der Waals surface area contributed by atoms with Crippen molar-refractivity contribution in [3.63, 3.8) is 0 Å². The van der Waals surface area contributed by atoms with E-state index in [9.17, 15) is 9.36 Å². The van der Waals surface area contributed by atoms with Crippen molar-refractivity contribution in [1.29, 1.82) is 0 Å². The highest BCUT2D eigenvalue weighted by Gasteiger charge is 2.45. The molecule has 0 bridgehead atoms. The minimum Gasteiger partial charge on any atom is -0.295 e. The SMILES string of the molecule is C=CCN1C(=O)C(C)CP1(=O)c1ccccc1. The molecule has 1 amide bonds. The van der Waals surface area contributed by atoms with Gasteiger partial charge in [-0.15, -0.1) is 6.58 Å². The van der Waals surface area contributed by atoms with Crippen molar-refractivity contribution in [2.24, 2.45) is 5.92 Å². The molecule has 1 aliphatic rings. The highest BCUT2D eigenvalue weighted by molar-refractivity contribution is 7.70. The van der Waals surface area contributed by atoms with Crippen LogP contribution in [0.25, 0.3) is 0 Å². The molecule has 1 aromatic rings. The van der Waals surface area contributed by atoms with Gasteiger partial charge in [-0.25, -0.2) is 0 Å². The Morgan fingerprint density at radius 1 is 1.47 bits per heavy atom. The van der Waals surface area contributed by atoms with Crippen LogP contribution >= 0.6 is 7.29 Å². The molecule has 4 heteroatoms. The van der Waals surface area contributed by atoms with Gasteiger partial charge in [-0.1, -0.05) is 31.2 Å². The predicted molar refractivity (Wildman–Crippen MR) is 69.6 cm³/mol. The van der Waals surface area contributed by atoms with E-state index in [4.69, 9.17) is 0 Å². The standard InChI is InChI=1S/C13H16NO2P/c1-3-9-14-13(15)11(2)10-17(14,16)12-7-5-4-6-8-12/h3-8,11H,1,9-10H2,2H3. The van der Waals surface area contributed by atoms with Gasteiger partial charge in [-0.2, -0.15) is 0 Å². The van der Waals surface area contributed by atoms with E-state index in [0.29, 0.717) is 12.7 Å². The Bertz CT molecular complexity index is 483. The molecule has 0 spiro atoms. The van der Waals surface area contributed by atoms with E-state index in [-0.39, 0.29) is 11.8 Å². The molecule has 1 aliphatic heterocycles. The Morgan fingerprint density at radius 2 is 2.12 bits per heavy atom. The number of hydrogen-bond donors (Lipinski definition) is 0. The summed E-state index contributed by atoms with van der Waals surface area (Å²) >= 11 is 0. The van der Waals surface area contributed by atoms with Gasteiger partial charge in [0.1, 0.15) is 0 Å². The largest absolute Gasteiger partial charge is 0.295 e. The molecule has 3 nitrogen and oxygen atoms in total. The predicted octanol–water partition coefficient (Wildman–Crippen LogP) is 2.25. The molecule has 2 atom stereocenters. The molecule has 1 saturated heterocycles. The molecule has 0 saturated carbocycles. The third-order valence-corrected chi connectivity index (χ3v) is 6.34. The molecule has 1 fully saturated rings. The first-order valence-electron chi connectivity index (χ1n) is 5.67. The first-order chi connectivity index (χ1) is 8.09. The molecule has 2 unspecified atom stereocenters. The van der Waals surface area contributed by atoms with Crippen LogP contribution in [0.1, 0.15) is 6.92 Å². The third kappa shape index (κ3) is 1.96. The lowest BCUT2D eigenvalue weighted by Crippen LogP contribution is -2.27. The average molecular weight is 249 g/mol. The smallest absolute Gasteiger partial charge is 0.231 e. The van der Waals surface area contributed by atoms with Crippen molar-refractivity contribution in [1.82, 2.24) is 4.67 Å². The van der Waals surface area contributed by atoms with E-state index in [1.165, 1.54) is 4.67 Å². The third-order valence-electron chi connectivity index (χ3n) is 3.05. The number of benzene rings is 1. The maximum atomic E-state index is 13.0. The molecule has 17 heavy (non-hydrogen) atoms. The summed E-state index contributed by atoms with van der Waals surface area (Å²) in [6.07, 6.45) is 2.06. The fourth-order valence-electron chi connectivity index (χ4n) is 2.21. The summed E-state index contributed by atoms with van der Waals surface area (Å²) < 4.78 is 14.5. The summed E-state index contributed by atoms with van der Waals surface area (Å²) in [6.45, 7) is 5.82. The Balaban J connectivity index is 2.45. The zero-order valence-corrected chi connectivity index (χ0v) is 10.8. The van der Waals surface area contributed by atoms with Crippen molar-refractivity contribution in [2.75, 3.05) is 12.7 Å². The first kappa shape index (κ1) is 12.1. The van der Waals surface area contributed by atoms with Crippen LogP contribution in [0.3, 0.4) is 0 Å². The fourth-order valence-corrected chi connectivity index (χ4v) is 5.33. The second-order valence-corrected chi connectivity index (χ2v) is 7.10. The molecule has 0 aromatic heterocycles. The lowest BCUT2D eigenvalue weighted by molar-refractivity contribution is -0.127. The molecule has 1 aromatic carbocycles. The Labute approximate surface area is 102 Å². The second-order valence-electron chi connectivity index (χ2n) is 4.33. The molecular formula is C13H16NO2P. The van der Waals surface area contributed by atoms with E-state index in [1.807, 2.05) is 37.3 Å². The van der Waals surface area contributed by atoms with Crippen LogP contribution < -0.4 is 5.30 Å². The molecule has 0 aliphatic carbocycles. The van der Waals surface area contributed by atoms with Gasteiger partial charge in [-0.05, 0) is 12.1 Å². The number of amides is 1. The maximum absolute atomic E-state index is 13.0. The average Bonchev–Trinajstić information content (AvgIpc) is 2.56. The Kier molecular flexibility index (Phi) is 3.21. The number of carbonyl (C=O) groups excluding carboxylic acids is 1. The highest BCUT2D eigenvalue weighted by Crippen LogP contribution is 2.55. The lowest BCUT2D eigenvalue weighted by Gasteiger charge is -2.23. The second kappa shape index (κ2) is 4.50. The summed E-state index contributed by atoms with van der Waals surface area (Å²) in [7, 11) is -2.75. The van der Waals surface area contributed by atoms with Crippen molar-refractivity contribution in [3.05, 3.63) is 43.0 Å². The Morgan fingerprint density at radius 3 is 2.71 bits per heavy atom. The van der Waals surface area contributed by atoms with Crippen molar-refractivity contribution >= 4 is 18.5 Å². The number of carbonyl (C=O) groups is 1. The normalized spacial score (nSPS) is 28.4. The zero-order chi connectivity index (χ0) is 12.5. The van der Waals surface area contributed by atoms with Crippen molar-refractivity contribution in [3.8, 4) is 0 Å². The minimum atomic E-state index is -2.75. The van der Waals surface area contributed by atoms with Gasteiger partial charge < -0.3 is 0 Å². The summed E-state index contributed by atoms with van der Waals surface area (Å²) in [6, 6.07) is 9.27. The molecule has 0 radical (unpaired) electrons. The molecule has 0 N–H and O–H groups in total. The quantitative estimate of drug-likeness (QED) is 0.608. The number of nitrogens with zero attached hydrogens (tertiary/aromatic N) is 1. The zero-order valence-electron chi connectivity index (χ0n) is 9.87. The maximum Gasteiger partial charge on any atom is 0.231 e. The number of hydrogen-bond acceptors (Lipinski definition) is 2. The highest BCUT2D eigenvalue weighted by atomic mass is 31.2. The van der Waals surface area contributed by atoms with Crippen molar-refractivity contribution in [2.45, 2.75) is 6.92 Å². The van der Waals surface area contributed by atoms with Crippen LogP contribution in [0.4, 0.5) is 0 Å². The monoisotopic (exact) mass is 249 g/mol. The van der Waals surface area contributed by atoms with Crippen LogP contribution in [0, 0.1) is 5.92 Å². The molecule has 1 heterocycles. The summed E-state index contributed by atoms with van der Waals surface area (Å²) in [5, 5.41) is 0.763. The van der Waals surface area contributed by atoms with Gasteiger partial charge in [0.25, 0.3) is 0 Å². The molecule has 90 valence electrons. The van der Waals surface area contributed by atoms with E-state index >= 15 is 0 Å². The van der Waals surface area contributed by atoms with Crippen LogP contribution in [0.5, 0.6) is 0 Å². The van der Waals surface area contributed by atoms with Gasteiger partial charge in [0, 0.05) is 23.9 Å². The summed E-state index contributed by atoms with van der Waals surface area (Å²) in [5.41, 5.74) is 0. The molecule has 2 rings (SSSR count). The van der Waals surface area contributed by atoms with Crippen LogP contribution in [0.15, 0.2) is 43.0 Å². The minimum absolute atomic E-state index is 0.0305. The van der Waals surface area contributed by atoms with E-state index in [1.54, 1.807) is 6.08 Å². The van der Waals surface area contributed by atoms with Gasteiger partial charge in [0.05, 0.1) is 0 Å². The topological polar surface area (TPSA) is 37.4 Å². The van der Waals surface area contributed by atoms with Crippen LogP contribution in [-0.2, 0) is 9.36 Å². The van der Waals surface area contributed by atoms with Crippen LogP contribution in [-0.4, -0.2) is 23.3 Å².